The Balaban J connectivity index is 1.50. The Hall–Kier alpha value is -3.14. The molecule has 1 aromatic heterocycles. The maximum absolute atomic E-state index is 13.6. The lowest BCUT2D eigenvalue weighted by Gasteiger charge is -2.48. The summed E-state index contributed by atoms with van der Waals surface area (Å²) in [5.74, 6) is 0.273. The van der Waals surface area contributed by atoms with E-state index < -0.39 is 19.7 Å². The van der Waals surface area contributed by atoms with Crippen LogP contribution in [-0.2, 0) is 26.4 Å². The number of hydrogen-bond donors (Lipinski definition) is 3. The minimum atomic E-state index is -1.74. The summed E-state index contributed by atoms with van der Waals surface area (Å²) in [5, 5.41) is 13.4. The maximum atomic E-state index is 13.6. The molecule has 1 atom stereocenters. The molecule has 2 aliphatic rings. The summed E-state index contributed by atoms with van der Waals surface area (Å²) in [4.78, 5) is 40.8. The first-order valence-corrected chi connectivity index (χ1v) is 17.1. The van der Waals surface area contributed by atoms with Crippen molar-refractivity contribution in [3.05, 3.63) is 47.2 Å². The number of nitrogens with one attached hydrogen (secondary N) is 3. The summed E-state index contributed by atoms with van der Waals surface area (Å²) in [5.41, 5.74) is 1.81. The molecule has 1 saturated carbocycles. The zero-order valence-corrected chi connectivity index (χ0v) is 24.4. The third-order valence-electron chi connectivity index (χ3n) is 8.39. The van der Waals surface area contributed by atoms with E-state index in [4.69, 9.17) is 4.74 Å². The average Bonchev–Trinajstić information content (AvgIpc) is 3.33. The first kappa shape index (κ1) is 27.9. The Kier molecular flexibility index (Phi) is 7.74. The first-order chi connectivity index (χ1) is 17.9. The Morgan fingerprint density at radius 2 is 1.84 bits per heavy atom. The summed E-state index contributed by atoms with van der Waals surface area (Å²) in [7, 11) is -1.74. The van der Waals surface area contributed by atoms with E-state index in [2.05, 4.69) is 40.5 Å². The second-order valence-electron chi connectivity index (χ2n) is 12.1. The summed E-state index contributed by atoms with van der Waals surface area (Å²) in [6.45, 7) is 12.9. The van der Waals surface area contributed by atoms with Gasteiger partial charge in [-0.15, -0.1) is 0 Å². The van der Waals surface area contributed by atoms with Gasteiger partial charge in [-0.25, -0.2) is 4.79 Å². The van der Waals surface area contributed by atoms with Crippen molar-refractivity contribution in [2.24, 2.45) is 0 Å². The van der Waals surface area contributed by atoms with Gasteiger partial charge in [0.1, 0.15) is 6.61 Å². The lowest BCUT2D eigenvalue weighted by Crippen LogP contribution is -2.52. The number of carbonyl (C=O) groups is 3. The van der Waals surface area contributed by atoms with Crippen molar-refractivity contribution < 1.29 is 19.1 Å². The van der Waals surface area contributed by atoms with Crippen LogP contribution in [0.2, 0.25) is 24.7 Å². The number of H-pyrrole nitrogens is 1. The Labute approximate surface area is 226 Å². The molecule has 9 nitrogen and oxygen atoms in total. The molecule has 38 heavy (non-hydrogen) atoms. The third kappa shape index (κ3) is 5.10. The minimum absolute atomic E-state index is 0.0514. The van der Waals surface area contributed by atoms with Gasteiger partial charge in [0, 0.05) is 17.0 Å². The lowest BCUT2D eigenvalue weighted by atomic mass is 9.83. The van der Waals surface area contributed by atoms with Gasteiger partial charge in [0.25, 0.3) is 0 Å². The average molecular weight is 540 g/mol. The van der Waals surface area contributed by atoms with E-state index >= 15 is 0 Å². The summed E-state index contributed by atoms with van der Waals surface area (Å²) < 4.78 is 5.47. The molecule has 1 unspecified atom stereocenters. The van der Waals surface area contributed by atoms with Crippen LogP contribution < -0.4 is 10.6 Å². The summed E-state index contributed by atoms with van der Waals surface area (Å²) in [6.07, 6.45) is 3.96. The number of aromatic amines is 1. The molecule has 1 fully saturated rings. The first-order valence-electron chi connectivity index (χ1n) is 13.6. The fourth-order valence-corrected chi connectivity index (χ4v) is 8.20. The minimum Gasteiger partial charge on any atom is -0.463 e. The molecule has 2 heterocycles. The highest BCUT2D eigenvalue weighted by Gasteiger charge is 2.54. The molecule has 1 aliphatic heterocycles. The molecule has 3 N–H and O–H groups in total. The van der Waals surface area contributed by atoms with E-state index in [0.29, 0.717) is 25.2 Å². The highest BCUT2D eigenvalue weighted by Crippen LogP contribution is 2.56. The number of aromatic nitrogens is 2. The number of esters is 1. The number of benzene rings is 1. The van der Waals surface area contributed by atoms with Gasteiger partial charge in [0.15, 0.2) is 5.82 Å². The van der Waals surface area contributed by atoms with E-state index in [1.54, 1.807) is 4.90 Å². The second kappa shape index (κ2) is 10.6. The molecule has 0 bridgehead atoms. The van der Waals surface area contributed by atoms with Gasteiger partial charge in [-0.2, -0.15) is 5.10 Å². The largest absolute Gasteiger partial charge is 0.463 e. The number of carbonyl (C=O) groups excluding carboxylic acids is 3. The molecule has 2 aromatic rings. The van der Waals surface area contributed by atoms with Crippen LogP contribution in [0.5, 0.6) is 0 Å². The SMILES string of the molecule is CCCC(=O)OCC(NC(=O)N1Cc2c(NC(=O)C3([Si](C)(C)C)CCC3)n[nH]c2C1(C)C)c1ccccc1. The lowest BCUT2D eigenvalue weighted by molar-refractivity contribution is -0.144. The Morgan fingerprint density at radius 1 is 1.16 bits per heavy atom. The van der Waals surface area contributed by atoms with E-state index in [9.17, 15) is 14.4 Å². The number of anilines is 1. The number of hydrogen-bond acceptors (Lipinski definition) is 5. The Morgan fingerprint density at radius 3 is 2.42 bits per heavy atom. The third-order valence-corrected chi connectivity index (χ3v) is 12.0. The second-order valence-corrected chi connectivity index (χ2v) is 17.5. The van der Waals surface area contributed by atoms with Gasteiger partial charge >= 0.3 is 12.0 Å². The molecule has 0 saturated heterocycles. The van der Waals surface area contributed by atoms with Gasteiger partial charge in [0.2, 0.25) is 5.91 Å². The molecule has 0 spiro atoms. The number of amides is 3. The van der Waals surface area contributed by atoms with Crippen molar-refractivity contribution in [3.8, 4) is 0 Å². The smallest absolute Gasteiger partial charge is 0.319 e. The quantitative estimate of drug-likeness (QED) is 0.289. The van der Waals surface area contributed by atoms with Gasteiger partial charge in [-0.3, -0.25) is 14.7 Å². The molecule has 206 valence electrons. The normalized spacial score (nSPS) is 18.2. The number of fused-ring (bicyclic) bond motifs is 1. The number of ether oxygens (including phenoxy) is 1. The van der Waals surface area contributed by atoms with Crippen molar-refractivity contribution in [1.82, 2.24) is 20.4 Å². The predicted molar refractivity (Wildman–Crippen MR) is 149 cm³/mol. The topological polar surface area (TPSA) is 116 Å². The summed E-state index contributed by atoms with van der Waals surface area (Å²) >= 11 is 0. The molecule has 3 amide bonds. The van der Waals surface area contributed by atoms with Crippen LogP contribution in [-0.4, -0.2) is 47.7 Å². The van der Waals surface area contributed by atoms with Crippen molar-refractivity contribution >= 4 is 31.8 Å². The van der Waals surface area contributed by atoms with Gasteiger partial charge in [0.05, 0.1) is 31.9 Å². The van der Waals surface area contributed by atoms with Crippen LogP contribution in [0.1, 0.15) is 75.7 Å². The van der Waals surface area contributed by atoms with E-state index in [1.807, 2.05) is 51.1 Å². The van der Waals surface area contributed by atoms with Crippen molar-refractivity contribution in [1.29, 1.82) is 0 Å². The van der Waals surface area contributed by atoms with Gasteiger partial charge < -0.3 is 20.3 Å². The Bertz CT molecular complexity index is 1180. The molecular formula is C28H41N5O4Si. The van der Waals surface area contributed by atoms with Crippen LogP contribution in [0.4, 0.5) is 10.6 Å². The molecule has 4 rings (SSSR count). The fraction of sp³-hybridized carbons (Fsp3) is 0.571. The highest BCUT2D eigenvalue weighted by atomic mass is 28.3. The van der Waals surface area contributed by atoms with Crippen LogP contribution in [0.15, 0.2) is 30.3 Å². The van der Waals surface area contributed by atoms with Gasteiger partial charge in [-0.05, 0) is 38.7 Å². The number of nitrogens with zero attached hydrogens (tertiary/aromatic N) is 2. The molecule has 1 aliphatic carbocycles. The molecular weight excluding hydrogens is 498 g/mol. The summed E-state index contributed by atoms with van der Waals surface area (Å²) in [6, 6.07) is 8.72. The highest BCUT2D eigenvalue weighted by molar-refractivity contribution is 6.83. The molecule has 1 aromatic carbocycles. The standard InChI is InChI=1S/C28H41N5O4Si/c1-7-12-22(34)37-18-21(19-13-9-8-10-14-19)29-26(36)33-17-20-23(27(33,2)3)31-32-24(20)30-25(35)28(15-11-16-28)38(4,5)6/h8-10,13-14,21H,7,11-12,15-18H2,1-6H3,(H,29,36)(H2,30,31,32,35). The maximum Gasteiger partial charge on any atom is 0.319 e. The fourth-order valence-electron chi connectivity index (χ4n) is 5.61. The zero-order valence-electron chi connectivity index (χ0n) is 23.4. The van der Waals surface area contributed by atoms with Crippen molar-refractivity contribution in [2.45, 2.75) is 95.7 Å². The van der Waals surface area contributed by atoms with E-state index in [0.717, 1.165) is 36.1 Å². The molecule has 10 heteroatoms. The van der Waals surface area contributed by atoms with Crippen molar-refractivity contribution in [2.75, 3.05) is 11.9 Å². The number of rotatable bonds is 9. The predicted octanol–water partition coefficient (Wildman–Crippen LogP) is 5.46. The van der Waals surface area contributed by atoms with Gasteiger partial charge in [-0.1, -0.05) is 63.3 Å². The van der Waals surface area contributed by atoms with Crippen LogP contribution >= 0.6 is 0 Å². The van der Waals surface area contributed by atoms with Crippen LogP contribution in [0, 0.1) is 0 Å². The van der Waals surface area contributed by atoms with Crippen molar-refractivity contribution in [3.63, 3.8) is 0 Å². The van der Waals surface area contributed by atoms with E-state index in [-0.39, 0.29) is 29.6 Å². The van der Waals surface area contributed by atoms with Crippen LogP contribution in [0.25, 0.3) is 0 Å². The van der Waals surface area contributed by atoms with E-state index in [1.165, 1.54) is 0 Å². The number of urea groups is 1. The van der Waals surface area contributed by atoms with Crippen LogP contribution in [0.3, 0.4) is 0 Å². The monoisotopic (exact) mass is 539 g/mol. The zero-order chi connectivity index (χ0) is 27.7. The molecule has 0 radical (unpaired) electrons.